The molecule has 18 heavy (non-hydrogen) atoms. The lowest BCUT2D eigenvalue weighted by Gasteiger charge is -2.20. The van der Waals surface area contributed by atoms with Gasteiger partial charge in [-0.1, -0.05) is 23.2 Å². The molecule has 1 heterocycles. The molecule has 0 amide bonds. The van der Waals surface area contributed by atoms with Crippen molar-refractivity contribution in [1.29, 1.82) is 0 Å². The van der Waals surface area contributed by atoms with E-state index < -0.39 is 0 Å². The number of pyridine rings is 1. The second-order valence-electron chi connectivity index (χ2n) is 4.12. The minimum Gasteiger partial charge on any atom is -0.309 e. The number of hydrogen-bond acceptors (Lipinski definition) is 2. The Morgan fingerprint density at radius 2 is 1.94 bits per heavy atom. The highest BCUT2D eigenvalue weighted by Crippen LogP contribution is 2.31. The maximum atomic E-state index is 6.25. The van der Waals surface area contributed by atoms with Crippen molar-refractivity contribution in [2.75, 3.05) is 7.05 Å². The monoisotopic (exact) mass is 280 g/mol. The number of nitrogens with zero attached hydrogens (tertiary/aromatic N) is 1. The molecule has 0 saturated carbocycles. The van der Waals surface area contributed by atoms with Gasteiger partial charge in [-0.3, -0.25) is 4.98 Å². The van der Waals surface area contributed by atoms with E-state index in [1.54, 1.807) is 12.3 Å². The molecule has 0 aliphatic carbocycles. The van der Waals surface area contributed by atoms with Crippen molar-refractivity contribution >= 4 is 23.2 Å². The molecule has 2 nitrogen and oxygen atoms in total. The Morgan fingerprint density at radius 3 is 2.61 bits per heavy atom. The molecule has 1 aromatic heterocycles. The standard InChI is InChI=1S/C14H14Cl2N2/c1-9-5-6-18-8-12(9)14(17-2)11-7-10(15)3-4-13(11)16/h3-8,14,17H,1-2H3. The van der Waals surface area contributed by atoms with Gasteiger partial charge >= 0.3 is 0 Å². The first-order valence-electron chi connectivity index (χ1n) is 5.66. The summed E-state index contributed by atoms with van der Waals surface area (Å²) in [6.07, 6.45) is 3.64. The molecule has 0 radical (unpaired) electrons. The van der Waals surface area contributed by atoms with E-state index in [1.165, 1.54) is 5.56 Å². The molecule has 0 saturated heterocycles. The maximum absolute atomic E-state index is 6.25. The summed E-state index contributed by atoms with van der Waals surface area (Å²) in [7, 11) is 1.90. The van der Waals surface area contributed by atoms with Gasteiger partial charge < -0.3 is 5.32 Å². The van der Waals surface area contributed by atoms with Crippen LogP contribution in [0.1, 0.15) is 22.7 Å². The summed E-state index contributed by atoms with van der Waals surface area (Å²) < 4.78 is 0. The van der Waals surface area contributed by atoms with E-state index in [4.69, 9.17) is 23.2 Å². The topological polar surface area (TPSA) is 24.9 Å². The molecule has 0 spiro atoms. The Kier molecular flexibility index (Phi) is 4.23. The molecule has 1 N–H and O–H groups in total. The number of nitrogens with one attached hydrogen (secondary N) is 1. The summed E-state index contributed by atoms with van der Waals surface area (Å²) >= 11 is 12.3. The van der Waals surface area contributed by atoms with Gasteiger partial charge in [-0.05, 0) is 54.9 Å². The van der Waals surface area contributed by atoms with Gasteiger partial charge in [-0.2, -0.15) is 0 Å². The largest absolute Gasteiger partial charge is 0.309 e. The highest BCUT2D eigenvalue weighted by Gasteiger charge is 2.17. The van der Waals surface area contributed by atoms with E-state index in [-0.39, 0.29) is 6.04 Å². The first kappa shape index (κ1) is 13.3. The Morgan fingerprint density at radius 1 is 1.17 bits per heavy atom. The van der Waals surface area contributed by atoms with E-state index in [2.05, 4.69) is 17.2 Å². The van der Waals surface area contributed by atoms with Crippen LogP contribution in [0.2, 0.25) is 10.0 Å². The lowest BCUT2D eigenvalue weighted by Crippen LogP contribution is -2.19. The molecule has 1 atom stereocenters. The molecule has 2 aromatic rings. The molecule has 0 bridgehead atoms. The van der Waals surface area contributed by atoms with Crippen LogP contribution in [0.5, 0.6) is 0 Å². The van der Waals surface area contributed by atoms with Crippen molar-refractivity contribution in [3.8, 4) is 0 Å². The fourth-order valence-corrected chi connectivity index (χ4v) is 2.40. The first-order valence-corrected chi connectivity index (χ1v) is 6.42. The van der Waals surface area contributed by atoms with Crippen molar-refractivity contribution in [3.63, 3.8) is 0 Å². The van der Waals surface area contributed by atoms with E-state index in [0.717, 1.165) is 11.1 Å². The number of rotatable bonds is 3. The first-order chi connectivity index (χ1) is 8.63. The van der Waals surface area contributed by atoms with Crippen molar-refractivity contribution in [1.82, 2.24) is 10.3 Å². The van der Waals surface area contributed by atoms with Crippen LogP contribution in [-0.2, 0) is 0 Å². The van der Waals surface area contributed by atoms with Crippen LogP contribution in [0.15, 0.2) is 36.7 Å². The number of halogens is 2. The highest BCUT2D eigenvalue weighted by atomic mass is 35.5. The minimum absolute atomic E-state index is 0.00935. The fourth-order valence-electron chi connectivity index (χ4n) is 1.99. The zero-order valence-corrected chi connectivity index (χ0v) is 11.8. The van der Waals surface area contributed by atoms with Crippen LogP contribution in [0.3, 0.4) is 0 Å². The average molecular weight is 281 g/mol. The molecule has 0 fully saturated rings. The van der Waals surface area contributed by atoms with Gasteiger partial charge in [0.1, 0.15) is 0 Å². The molecular formula is C14H14Cl2N2. The second-order valence-corrected chi connectivity index (χ2v) is 4.96. The normalized spacial score (nSPS) is 12.4. The van der Waals surface area contributed by atoms with Gasteiger partial charge in [0.15, 0.2) is 0 Å². The van der Waals surface area contributed by atoms with Crippen LogP contribution in [0, 0.1) is 6.92 Å². The summed E-state index contributed by atoms with van der Waals surface area (Å²) in [6.45, 7) is 2.06. The SMILES string of the molecule is CNC(c1cnccc1C)c1cc(Cl)ccc1Cl. The van der Waals surface area contributed by atoms with Crippen molar-refractivity contribution in [3.05, 3.63) is 63.4 Å². The van der Waals surface area contributed by atoms with E-state index >= 15 is 0 Å². The van der Waals surface area contributed by atoms with E-state index in [9.17, 15) is 0 Å². The average Bonchev–Trinajstić information content (AvgIpc) is 2.36. The molecule has 2 rings (SSSR count). The predicted molar refractivity (Wildman–Crippen MR) is 76.3 cm³/mol. The van der Waals surface area contributed by atoms with Crippen LogP contribution >= 0.6 is 23.2 Å². The van der Waals surface area contributed by atoms with Gasteiger partial charge in [0, 0.05) is 22.4 Å². The third-order valence-corrected chi connectivity index (χ3v) is 3.53. The third-order valence-electron chi connectivity index (χ3n) is 2.95. The molecule has 1 aromatic carbocycles. The van der Waals surface area contributed by atoms with E-state index in [1.807, 2.05) is 31.4 Å². The van der Waals surface area contributed by atoms with Crippen molar-refractivity contribution in [2.45, 2.75) is 13.0 Å². The number of hydrogen-bond donors (Lipinski definition) is 1. The molecule has 0 aliphatic heterocycles. The minimum atomic E-state index is -0.00935. The molecule has 0 aliphatic rings. The smallest absolute Gasteiger partial charge is 0.0607 e. The third kappa shape index (κ3) is 2.66. The summed E-state index contributed by atoms with van der Waals surface area (Å²) in [4.78, 5) is 4.18. The Balaban J connectivity index is 2.52. The molecular weight excluding hydrogens is 267 g/mol. The van der Waals surface area contributed by atoms with Crippen molar-refractivity contribution < 1.29 is 0 Å². The lowest BCUT2D eigenvalue weighted by atomic mass is 9.97. The van der Waals surface area contributed by atoms with Gasteiger partial charge in [0.2, 0.25) is 0 Å². The molecule has 1 unspecified atom stereocenters. The van der Waals surface area contributed by atoms with Crippen LogP contribution in [-0.4, -0.2) is 12.0 Å². The zero-order valence-electron chi connectivity index (χ0n) is 10.2. The highest BCUT2D eigenvalue weighted by molar-refractivity contribution is 6.33. The summed E-state index contributed by atoms with van der Waals surface area (Å²) in [6, 6.07) is 7.46. The van der Waals surface area contributed by atoms with Gasteiger partial charge in [-0.25, -0.2) is 0 Å². The number of aryl methyl sites for hydroxylation is 1. The Bertz CT molecular complexity index is 555. The number of benzene rings is 1. The van der Waals surface area contributed by atoms with Gasteiger partial charge in [0.05, 0.1) is 6.04 Å². The van der Waals surface area contributed by atoms with Gasteiger partial charge in [-0.15, -0.1) is 0 Å². The Labute approximate surface area is 117 Å². The Hall–Kier alpha value is -1.09. The van der Waals surface area contributed by atoms with Gasteiger partial charge in [0.25, 0.3) is 0 Å². The quantitative estimate of drug-likeness (QED) is 0.919. The van der Waals surface area contributed by atoms with Crippen LogP contribution < -0.4 is 5.32 Å². The summed E-state index contributed by atoms with van der Waals surface area (Å²) in [5.41, 5.74) is 3.23. The zero-order chi connectivity index (χ0) is 13.1. The van der Waals surface area contributed by atoms with Crippen LogP contribution in [0.25, 0.3) is 0 Å². The lowest BCUT2D eigenvalue weighted by molar-refractivity contribution is 0.684. The van der Waals surface area contributed by atoms with Crippen LogP contribution in [0.4, 0.5) is 0 Å². The fraction of sp³-hybridized carbons (Fsp3) is 0.214. The maximum Gasteiger partial charge on any atom is 0.0607 e. The molecule has 4 heteroatoms. The predicted octanol–water partition coefficient (Wildman–Crippen LogP) is 4.01. The van der Waals surface area contributed by atoms with Crippen molar-refractivity contribution in [2.24, 2.45) is 0 Å². The summed E-state index contributed by atoms with van der Waals surface area (Å²) in [5, 5.41) is 4.63. The number of aromatic nitrogens is 1. The molecule has 94 valence electrons. The summed E-state index contributed by atoms with van der Waals surface area (Å²) in [5.74, 6) is 0. The second kappa shape index (κ2) is 5.70. The van der Waals surface area contributed by atoms with E-state index in [0.29, 0.717) is 10.0 Å².